The van der Waals surface area contributed by atoms with Crippen molar-refractivity contribution in [2.45, 2.75) is 0 Å². The molecule has 0 aliphatic heterocycles. The van der Waals surface area contributed by atoms with Crippen LogP contribution in [-0.2, 0) is 0 Å². The molecule has 0 unspecified atom stereocenters. The van der Waals surface area contributed by atoms with Gasteiger partial charge in [-0.3, -0.25) is 0 Å². The Kier molecular flexibility index (Phi) is 6.56. The molecule has 10 aromatic carbocycles. The van der Waals surface area contributed by atoms with E-state index in [0.29, 0.717) is 12.1 Å². The summed E-state index contributed by atoms with van der Waals surface area (Å²) in [6.07, 6.45) is 0. The van der Waals surface area contributed by atoms with Gasteiger partial charge in [0.2, 0.25) is 0 Å². The molecule has 0 aliphatic carbocycles. The zero-order valence-electron chi connectivity index (χ0n) is 32.0. The summed E-state index contributed by atoms with van der Waals surface area (Å²) in [7, 11) is 0. The Hall–Kier alpha value is -6.72. The van der Waals surface area contributed by atoms with E-state index in [1.165, 1.54) is 61.9 Å². The lowest BCUT2D eigenvalue weighted by Gasteiger charge is -2.29. The van der Waals surface area contributed by atoms with Gasteiger partial charge in [0.25, 0.3) is 0 Å². The van der Waals surface area contributed by atoms with Crippen LogP contribution in [0, 0.1) is 0 Å². The van der Waals surface area contributed by atoms with Crippen molar-refractivity contribution in [2.75, 3.05) is 9.80 Å². The smallest absolute Gasteiger partial charge is 0.0640 e. The second kappa shape index (κ2) is 12.4. The van der Waals surface area contributed by atoms with Crippen LogP contribution in [-0.4, -0.2) is 0 Å². The molecule has 2 nitrogen and oxygen atoms in total. The van der Waals surface area contributed by atoms with E-state index in [2.05, 4.69) is 168 Å². The van der Waals surface area contributed by atoms with Crippen LogP contribution in [0.3, 0.4) is 0 Å². The fourth-order valence-corrected chi connectivity index (χ4v) is 11.3. The van der Waals surface area contributed by atoms with Crippen LogP contribution in [0.5, 0.6) is 0 Å². The summed E-state index contributed by atoms with van der Waals surface area (Å²) in [5, 5.41) is 12.2. The van der Waals surface area contributed by atoms with Crippen LogP contribution in [0.2, 0.25) is 0 Å². The van der Waals surface area contributed by atoms with Gasteiger partial charge >= 0.3 is 0 Å². The summed E-state index contributed by atoms with van der Waals surface area (Å²) in [6, 6.07) is 65.6. The number of rotatable bonds is 6. The van der Waals surface area contributed by atoms with Crippen molar-refractivity contribution < 1.29 is 2.74 Å². The maximum Gasteiger partial charge on any atom is 0.0640 e. The first kappa shape index (κ1) is 29.6. The highest BCUT2D eigenvalue weighted by atomic mass is 32.1. The van der Waals surface area contributed by atoms with Crippen LogP contribution in [0.1, 0.15) is 2.74 Å². The van der Waals surface area contributed by atoms with Crippen molar-refractivity contribution in [3.8, 4) is 0 Å². The van der Waals surface area contributed by atoms with E-state index in [1.54, 1.807) is 0 Å². The summed E-state index contributed by atoms with van der Waals surface area (Å²) in [6.45, 7) is 0. The van der Waals surface area contributed by atoms with E-state index in [9.17, 15) is 0 Å². The van der Waals surface area contributed by atoms with Crippen molar-refractivity contribution in [2.24, 2.45) is 0 Å². The van der Waals surface area contributed by atoms with E-state index < -0.39 is 0 Å². The standard InChI is InChI=1S/C52H32N2S2/c1-3-13-35(14-4-1)53(45-21-11-19-39-37-17-7-9-23-47(37)55-51(39)45)43-31-27-33-26-30-42-44(32-28-34-25-29-41(43)49(33)50(34)42)54(36-15-5-2-6-16-36)46-22-12-20-40-38-18-8-10-24-48(38)56-52(40)46/h1-32H/i1D,2D. The van der Waals surface area contributed by atoms with Gasteiger partial charge in [0.1, 0.15) is 0 Å². The fourth-order valence-electron chi connectivity index (χ4n) is 8.85. The third-order valence-corrected chi connectivity index (χ3v) is 13.7. The fraction of sp³-hybridized carbons (Fsp3) is 0. The minimum Gasteiger partial charge on any atom is -0.308 e. The zero-order valence-corrected chi connectivity index (χ0v) is 31.7. The molecule has 0 N–H and O–H groups in total. The van der Waals surface area contributed by atoms with Crippen LogP contribution >= 0.6 is 22.7 Å². The van der Waals surface area contributed by atoms with Gasteiger partial charge in [-0.1, -0.05) is 133 Å². The van der Waals surface area contributed by atoms with E-state index in [0.717, 1.165) is 44.9 Å². The molecular formula is C52H32N2S2. The van der Waals surface area contributed by atoms with Crippen LogP contribution in [0.25, 0.3) is 72.7 Å². The second-order valence-corrected chi connectivity index (χ2v) is 16.4. The molecule has 0 spiro atoms. The first-order valence-corrected chi connectivity index (χ1v) is 20.5. The Morgan fingerprint density at radius 2 is 0.732 bits per heavy atom. The minimum absolute atomic E-state index is 0.486. The van der Waals surface area contributed by atoms with E-state index in [1.807, 2.05) is 46.9 Å². The Morgan fingerprint density at radius 1 is 0.321 bits per heavy atom. The van der Waals surface area contributed by atoms with Crippen LogP contribution in [0.4, 0.5) is 34.1 Å². The Balaban J connectivity index is 1.13. The normalized spacial score (nSPS) is 12.4. The molecule has 0 saturated heterocycles. The average molecular weight is 751 g/mol. The summed E-state index contributed by atoms with van der Waals surface area (Å²) in [4.78, 5) is 4.78. The summed E-state index contributed by atoms with van der Waals surface area (Å²) >= 11 is 3.66. The minimum atomic E-state index is 0.486. The number of fused-ring (bicyclic) bond motifs is 6. The maximum absolute atomic E-state index is 8.35. The highest BCUT2D eigenvalue weighted by Crippen LogP contribution is 2.51. The lowest BCUT2D eigenvalue weighted by atomic mass is 9.91. The zero-order chi connectivity index (χ0) is 38.5. The maximum atomic E-state index is 8.35. The predicted octanol–water partition coefficient (Wildman–Crippen LogP) is 16.3. The average Bonchev–Trinajstić information content (AvgIpc) is 3.85. The first-order valence-electron chi connectivity index (χ1n) is 19.8. The Morgan fingerprint density at radius 3 is 1.20 bits per heavy atom. The Bertz CT molecular complexity index is 3310. The monoisotopic (exact) mass is 750 g/mol. The molecule has 56 heavy (non-hydrogen) atoms. The molecule has 12 rings (SSSR count). The molecule has 0 saturated carbocycles. The highest BCUT2D eigenvalue weighted by molar-refractivity contribution is 7.26. The lowest BCUT2D eigenvalue weighted by Crippen LogP contribution is -2.11. The van der Waals surface area contributed by atoms with E-state index in [4.69, 9.17) is 2.74 Å². The molecule has 0 fully saturated rings. The third-order valence-electron chi connectivity index (χ3n) is 11.3. The van der Waals surface area contributed by atoms with Gasteiger partial charge in [-0.05, 0) is 82.2 Å². The molecular weight excluding hydrogens is 717 g/mol. The quantitative estimate of drug-likeness (QED) is 0.156. The van der Waals surface area contributed by atoms with Gasteiger partial charge in [-0.2, -0.15) is 0 Å². The second-order valence-electron chi connectivity index (χ2n) is 14.3. The van der Waals surface area contributed by atoms with E-state index >= 15 is 0 Å². The topological polar surface area (TPSA) is 6.48 Å². The molecule has 2 heterocycles. The predicted molar refractivity (Wildman–Crippen MR) is 245 cm³/mol. The summed E-state index contributed by atoms with van der Waals surface area (Å²) in [5.74, 6) is 0. The third kappa shape index (κ3) is 4.67. The number of benzene rings is 10. The van der Waals surface area contributed by atoms with Crippen LogP contribution < -0.4 is 9.80 Å². The van der Waals surface area contributed by atoms with Crippen molar-refractivity contribution >= 4 is 129 Å². The van der Waals surface area contributed by atoms with Crippen molar-refractivity contribution in [1.82, 2.24) is 0 Å². The molecule has 262 valence electrons. The summed E-state index contributed by atoms with van der Waals surface area (Å²) in [5.41, 5.74) is 6.44. The molecule has 0 bridgehead atoms. The van der Waals surface area contributed by atoms with E-state index in [-0.39, 0.29) is 0 Å². The number of anilines is 6. The molecule has 0 atom stereocenters. The molecule has 0 aliphatic rings. The number of hydrogen-bond acceptors (Lipinski definition) is 4. The number of hydrogen-bond donors (Lipinski definition) is 0. The molecule has 12 aromatic rings. The van der Waals surface area contributed by atoms with Gasteiger partial charge in [0.15, 0.2) is 0 Å². The van der Waals surface area contributed by atoms with Gasteiger partial charge in [-0.25, -0.2) is 0 Å². The van der Waals surface area contributed by atoms with Gasteiger partial charge in [0.05, 0.1) is 34.9 Å². The number of thiophene rings is 2. The van der Waals surface area contributed by atoms with Gasteiger partial charge in [-0.15, -0.1) is 22.7 Å². The van der Waals surface area contributed by atoms with Gasteiger partial charge in [0, 0.05) is 53.1 Å². The first-order chi connectivity index (χ1) is 28.6. The SMILES string of the molecule is [2H]c1ccc(N(c2ccc3ccc4c(N(c5ccc([2H])cc5)c5cccc6c5sc5ccccc56)ccc5ccc2c3c54)c2cccc3c2sc2ccccc23)cc1. The lowest BCUT2D eigenvalue weighted by molar-refractivity contribution is 1.32. The van der Waals surface area contributed by atoms with Crippen LogP contribution in [0.15, 0.2) is 194 Å². The molecule has 0 amide bonds. The molecule has 2 aromatic heterocycles. The van der Waals surface area contributed by atoms with Crippen molar-refractivity contribution in [3.05, 3.63) is 194 Å². The number of nitrogens with zero attached hydrogens (tertiary/aromatic N) is 2. The van der Waals surface area contributed by atoms with Crippen molar-refractivity contribution in [1.29, 1.82) is 0 Å². The molecule has 4 heteroatoms. The van der Waals surface area contributed by atoms with Gasteiger partial charge < -0.3 is 9.80 Å². The summed E-state index contributed by atoms with van der Waals surface area (Å²) < 4.78 is 21.7. The number of para-hydroxylation sites is 2. The Labute approximate surface area is 334 Å². The highest BCUT2D eigenvalue weighted by Gasteiger charge is 2.24. The van der Waals surface area contributed by atoms with Crippen molar-refractivity contribution in [3.63, 3.8) is 0 Å². The molecule has 0 radical (unpaired) electrons. The largest absolute Gasteiger partial charge is 0.308 e.